The Morgan fingerprint density at radius 1 is 1.29 bits per heavy atom. The zero-order valence-electron chi connectivity index (χ0n) is 22.3. The molecule has 0 spiro atoms. The molecule has 0 aromatic carbocycles. The van der Waals surface area contributed by atoms with Crippen LogP contribution in [0.25, 0.3) is 5.52 Å². The maximum absolute atomic E-state index is 12.7. The lowest BCUT2D eigenvalue weighted by Crippen LogP contribution is -2.44. The molecule has 5 N–H and O–H groups in total. The van der Waals surface area contributed by atoms with Gasteiger partial charge in [-0.1, -0.05) is 40.0 Å². The highest BCUT2D eigenvalue weighted by Crippen LogP contribution is 2.45. The largest absolute Gasteiger partial charge is 0.464 e. The first kappa shape index (κ1) is 28.0. The number of carbonyl (C=O) groups is 2. The second-order valence-electron chi connectivity index (χ2n) is 11.8. The molecule has 4 rings (SSSR count). The van der Waals surface area contributed by atoms with Gasteiger partial charge < -0.3 is 26.0 Å². The predicted octanol–water partition coefficient (Wildman–Crippen LogP) is 2.06. The Morgan fingerprint density at radius 3 is 2.66 bits per heavy atom. The molecule has 0 unspecified atom stereocenters. The topological polar surface area (TPSA) is 176 Å². The van der Waals surface area contributed by atoms with E-state index in [-0.39, 0.29) is 18.9 Å². The molecule has 38 heavy (non-hydrogen) atoms. The van der Waals surface area contributed by atoms with Crippen LogP contribution in [0.5, 0.6) is 0 Å². The molecule has 11 nitrogen and oxygen atoms in total. The summed E-state index contributed by atoms with van der Waals surface area (Å²) in [5.41, 5.74) is 4.78. The SMILES string of the molecule is CC(C)(C)[C@H](N)C(=O)OC[C@H]1C[C@@](C#N)(c2ccc3c(NC(=O)CC4CCCCC4)ncnn23)[C@H](O)[C@@H]1O. The van der Waals surface area contributed by atoms with Crippen molar-refractivity contribution in [2.75, 3.05) is 11.9 Å². The van der Waals surface area contributed by atoms with Crippen LogP contribution in [0.3, 0.4) is 0 Å². The summed E-state index contributed by atoms with van der Waals surface area (Å²) in [6.45, 7) is 5.27. The highest BCUT2D eigenvalue weighted by Gasteiger charge is 2.56. The van der Waals surface area contributed by atoms with Gasteiger partial charge in [0.2, 0.25) is 5.91 Å². The fraction of sp³-hybridized carbons (Fsp3) is 0.667. The number of aromatic nitrogens is 3. The molecule has 2 aromatic heterocycles. The smallest absolute Gasteiger partial charge is 0.323 e. The maximum atomic E-state index is 12.7. The Kier molecular flexibility index (Phi) is 8.06. The van der Waals surface area contributed by atoms with Crippen LogP contribution in [0.15, 0.2) is 18.5 Å². The fourth-order valence-electron chi connectivity index (χ4n) is 5.62. The number of anilines is 1. The van der Waals surface area contributed by atoms with Crippen molar-refractivity contribution < 1.29 is 24.5 Å². The van der Waals surface area contributed by atoms with E-state index in [4.69, 9.17) is 10.5 Å². The normalized spacial score (nSPS) is 27.1. The second kappa shape index (κ2) is 11.0. The Morgan fingerprint density at radius 2 is 2.00 bits per heavy atom. The summed E-state index contributed by atoms with van der Waals surface area (Å²) in [7, 11) is 0. The molecule has 2 aliphatic carbocycles. The number of amides is 1. The van der Waals surface area contributed by atoms with Gasteiger partial charge in [-0.15, -0.1) is 0 Å². The van der Waals surface area contributed by atoms with Gasteiger partial charge in [-0.2, -0.15) is 10.4 Å². The minimum absolute atomic E-state index is 0.0311. The first-order valence-electron chi connectivity index (χ1n) is 13.3. The lowest BCUT2D eigenvalue weighted by atomic mass is 9.81. The molecule has 2 heterocycles. The average Bonchev–Trinajstić information content (AvgIpc) is 3.43. The Hall–Kier alpha value is -3.07. The summed E-state index contributed by atoms with van der Waals surface area (Å²) in [4.78, 5) is 29.4. The lowest BCUT2D eigenvalue weighted by molar-refractivity contribution is -0.150. The van der Waals surface area contributed by atoms with E-state index in [2.05, 4.69) is 21.5 Å². The van der Waals surface area contributed by atoms with Crippen LogP contribution in [-0.4, -0.2) is 61.5 Å². The van der Waals surface area contributed by atoms with Gasteiger partial charge in [-0.25, -0.2) is 9.50 Å². The number of nitrogens with one attached hydrogen (secondary N) is 1. The maximum Gasteiger partial charge on any atom is 0.323 e. The predicted molar refractivity (Wildman–Crippen MR) is 139 cm³/mol. The minimum Gasteiger partial charge on any atom is -0.464 e. The van der Waals surface area contributed by atoms with E-state index in [0.29, 0.717) is 29.4 Å². The van der Waals surface area contributed by atoms with Crippen LogP contribution in [-0.2, 0) is 19.7 Å². The van der Waals surface area contributed by atoms with E-state index >= 15 is 0 Å². The summed E-state index contributed by atoms with van der Waals surface area (Å²) in [6.07, 6.45) is 4.57. The molecule has 0 aliphatic heterocycles. The number of ether oxygens (including phenoxy) is 1. The van der Waals surface area contributed by atoms with E-state index in [9.17, 15) is 25.1 Å². The molecule has 0 bridgehead atoms. The van der Waals surface area contributed by atoms with E-state index in [1.54, 1.807) is 12.1 Å². The standard InChI is InChI=1S/C27H38N6O5/c1-26(2,3)22(29)25(37)38-13-17-12-27(14-28,23(36)21(17)35)19-10-9-18-24(30-15-31-33(18)19)32-20(34)11-16-7-5-4-6-8-16/h9-10,15-17,21-23,35-36H,4-8,11-13,29H2,1-3H3,(H,30,31,32,34)/t17-,21-,22-,23-,27-/m1/s1. The van der Waals surface area contributed by atoms with Gasteiger partial charge >= 0.3 is 5.97 Å². The summed E-state index contributed by atoms with van der Waals surface area (Å²) in [6, 6.07) is 4.65. The summed E-state index contributed by atoms with van der Waals surface area (Å²) in [5.74, 6) is -0.743. The van der Waals surface area contributed by atoms with Gasteiger partial charge in [-0.3, -0.25) is 9.59 Å². The van der Waals surface area contributed by atoms with Crippen molar-refractivity contribution in [1.82, 2.24) is 14.6 Å². The number of nitriles is 1. The molecule has 1 amide bonds. The molecule has 2 saturated carbocycles. The van der Waals surface area contributed by atoms with Crippen molar-refractivity contribution in [2.45, 2.75) is 89.4 Å². The van der Waals surface area contributed by atoms with Crippen LogP contribution in [0.1, 0.15) is 71.4 Å². The molecule has 2 fully saturated rings. The van der Waals surface area contributed by atoms with Crippen molar-refractivity contribution in [3.05, 3.63) is 24.2 Å². The van der Waals surface area contributed by atoms with Crippen molar-refractivity contribution in [2.24, 2.45) is 23.0 Å². The van der Waals surface area contributed by atoms with Crippen LogP contribution < -0.4 is 11.1 Å². The second-order valence-corrected chi connectivity index (χ2v) is 11.8. The van der Waals surface area contributed by atoms with E-state index in [1.807, 2.05) is 20.8 Å². The van der Waals surface area contributed by atoms with E-state index < -0.39 is 41.0 Å². The highest BCUT2D eigenvalue weighted by atomic mass is 16.5. The van der Waals surface area contributed by atoms with E-state index in [1.165, 1.54) is 17.3 Å². The van der Waals surface area contributed by atoms with Crippen molar-refractivity contribution in [3.63, 3.8) is 0 Å². The Labute approximate surface area is 222 Å². The van der Waals surface area contributed by atoms with Gasteiger partial charge in [0.15, 0.2) is 5.82 Å². The number of hydrogen-bond acceptors (Lipinski definition) is 9. The molecular formula is C27H38N6O5. The monoisotopic (exact) mass is 526 g/mol. The molecular weight excluding hydrogens is 488 g/mol. The third-order valence-electron chi connectivity index (χ3n) is 8.09. The summed E-state index contributed by atoms with van der Waals surface area (Å²) < 4.78 is 6.84. The summed E-state index contributed by atoms with van der Waals surface area (Å²) in [5, 5.41) is 39.3. The van der Waals surface area contributed by atoms with E-state index in [0.717, 1.165) is 25.7 Å². The number of esters is 1. The quantitative estimate of drug-likeness (QED) is 0.393. The molecule has 206 valence electrons. The number of aliphatic hydroxyl groups excluding tert-OH is 2. The third kappa shape index (κ3) is 5.39. The van der Waals surface area contributed by atoms with Crippen molar-refractivity contribution in [3.8, 4) is 6.07 Å². The number of fused-ring (bicyclic) bond motifs is 1. The molecule has 2 aromatic rings. The third-order valence-corrected chi connectivity index (χ3v) is 8.09. The van der Waals surface area contributed by atoms with Gasteiger partial charge in [-0.05, 0) is 42.7 Å². The number of nitrogens with two attached hydrogens (primary N) is 1. The first-order chi connectivity index (χ1) is 18.0. The minimum atomic E-state index is -1.52. The van der Waals surface area contributed by atoms with Crippen molar-refractivity contribution >= 4 is 23.2 Å². The molecule has 0 radical (unpaired) electrons. The number of hydrogen-bond donors (Lipinski definition) is 4. The average molecular weight is 527 g/mol. The summed E-state index contributed by atoms with van der Waals surface area (Å²) >= 11 is 0. The van der Waals surface area contributed by atoms with Gasteiger partial charge in [0.05, 0.1) is 24.5 Å². The fourth-order valence-corrected chi connectivity index (χ4v) is 5.62. The zero-order valence-corrected chi connectivity index (χ0v) is 22.3. The van der Waals surface area contributed by atoms with Gasteiger partial charge in [0.25, 0.3) is 0 Å². The van der Waals surface area contributed by atoms with Gasteiger partial charge in [0.1, 0.15) is 29.4 Å². The highest BCUT2D eigenvalue weighted by molar-refractivity contribution is 5.93. The molecule has 5 atom stereocenters. The van der Waals surface area contributed by atoms with Gasteiger partial charge in [0, 0.05) is 12.3 Å². The lowest BCUT2D eigenvalue weighted by Gasteiger charge is -2.26. The molecule has 11 heteroatoms. The number of aliphatic hydroxyl groups is 2. The van der Waals surface area contributed by atoms with Crippen LogP contribution in [0, 0.1) is 28.6 Å². The number of nitrogens with zero attached hydrogens (tertiary/aromatic N) is 4. The zero-order chi connectivity index (χ0) is 27.7. The van der Waals surface area contributed by atoms with Crippen LogP contribution >= 0.6 is 0 Å². The van der Waals surface area contributed by atoms with Crippen molar-refractivity contribution in [1.29, 1.82) is 5.26 Å². The molecule has 2 aliphatic rings. The number of rotatable bonds is 7. The Bertz CT molecular complexity index is 1210. The first-order valence-corrected chi connectivity index (χ1v) is 13.3. The van der Waals surface area contributed by atoms with Crippen LogP contribution in [0.2, 0.25) is 0 Å². The Balaban J connectivity index is 1.53. The number of carbonyl (C=O) groups excluding carboxylic acids is 2. The molecule has 0 saturated heterocycles. The van der Waals surface area contributed by atoms with Crippen LogP contribution in [0.4, 0.5) is 5.82 Å².